The van der Waals surface area contributed by atoms with Crippen LogP contribution in [0.1, 0.15) is 0 Å². The van der Waals surface area contributed by atoms with Crippen LogP contribution in [0.4, 0.5) is 17.6 Å². The highest BCUT2D eigenvalue weighted by Gasteiger charge is 2.31. The fraction of sp³-hybridized carbons (Fsp3) is 0.111. The standard InChI is InChI=1S/C18H12F4O3S2/c1-27(23,24)17-6-5-12(8-16(17)19)15-10-26-9-14(15)11-3-2-4-13(7-11)25-18(20,21)22/h2-10H,1H3. The Balaban J connectivity index is 2.03. The van der Waals surface area contributed by atoms with Crippen LogP contribution in [0.25, 0.3) is 22.3 Å². The second-order valence-electron chi connectivity index (χ2n) is 5.69. The Morgan fingerprint density at radius 1 is 0.963 bits per heavy atom. The minimum Gasteiger partial charge on any atom is -0.406 e. The first-order chi connectivity index (χ1) is 12.5. The van der Waals surface area contributed by atoms with Crippen molar-refractivity contribution in [3.8, 4) is 28.0 Å². The predicted molar refractivity (Wildman–Crippen MR) is 94.9 cm³/mol. The fourth-order valence-electron chi connectivity index (χ4n) is 2.57. The number of rotatable bonds is 4. The third kappa shape index (κ3) is 4.48. The van der Waals surface area contributed by atoms with Gasteiger partial charge in [0.05, 0.1) is 0 Å². The molecule has 0 saturated heterocycles. The second kappa shape index (κ2) is 6.97. The van der Waals surface area contributed by atoms with Crippen LogP contribution in [0.2, 0.25) is 0 Å². The maximum Gasteiger partial charge on any atom is 0.573 e. The van der Waals surface area contributed by atoms with E-state index in [2.05, 4.69) is 4.74 Å². The molecule has 1 heterocycles. The molecule has 0 aliphatic carbocycles. The predicted octanol–water partition coefficient (Wildman–Crippen LogP) is 5.52. The molecule has 0 saturated carbocycles. The number of hydrogen-bond acceptors (Lipinski definition) is 4. The second-order valence-corrected chi connectivity index (χ2v) is 8.42. The Labute approximate surface area is 156 Å². The van der Waals surface area contributed by atoms with Gasteiger partial charge in [-0.3, -0.25) is 0 Å². The van der Waals surface area contributed by atoms with Crippen molar-refractivity contribution in [2.45, 2.75) is 11.3 Å². The molecule has 1 aromatic heterocycles. The molecule has 0 N–H and O–H groups in total. The summed E-state index contributed by atoms with van der Waals surface area (Å²) in [6.07, 6.45) is -3.89. The van der Waals surface area contributed by atoms with Crippen LogP contribution in [0.5, 0.6) is 5.75 Å². The van der Waals surface area contributed by atoms with Crippen LogP contribution < -0.4 is 4.74 Å². The van der Waals surface area contributed by atoms with E-state index in [-0.39, 0.29) is 5.75 Å². The van der Waals surface area contributed by atoms with Crippen LogP contribution in [0, 0.1) is 5.82 Å². The maximum absolute atomic E-state index is 14.2. The molecule has 3 nitrogen and oxygen atoms in total. The molecule has 2 aromatic carbocycles. The molecule has 0 amide bonds. The summed E-state index contributed by atoms with van der Waals surface area (Å²) in [5.41, 5.74) is 2.03. The largest absolute Gasteiger partial charge is 0.573 e. The monoisotopic (exact) mass is 416 g/mol. The summed E-state index contributed by atoms with van der Waals surface area (Å²) in [6.45, 7) is 0. The van der Waals surface area contributed by atoms with Gasteiger partial charge in [0.15, 0.2) is 9.84 Å². The first-order valence-corrected chi connectivity index (χ1v) is 10.3. The quantitative estimate of drug-likeness (QED) is 0.526. The third-order valence-electron chi connectivity index (χ3n) is 3.68. The van der Waals surface area contributed by atoms with Gasteiger partial charge in [0, 0.05) is 17.4 Å². The SMILES string of the molecule is CS(=O)(=O)c1ccc(-c2cscc2-c2cccc(OC(F)(F)F)c2)cc1F. The minimum absolute atomic E-state index is 0.365. The van der Waals surface area contributed by atoms with Gasteiger partial charge < -0.3 is 4.74 Å². The molecule has 0 fully saturated rings. The average Bonchev–Trinajstić information content (AvgIpc) is 3.01. The van der Waals surface area contributed by atoms with Crippen LogP contribution in [-0.4, -0.2) is 21.0 Å². The van der Waals surface area contributed by atoms with Gasteiger partial charge in [-0.2, -0.15) is 11.3 Å². The van der Waals surface area contributed by atoms with Gasteiger partial charge in [0.1, 0.15) is 16.5 Å². The summed E-state index contributed by atoms with van der Waals surface area (Å²) < 4.78 is 78.5. The molecule has 0 atom stereocenters. The van der Waals surface area contributed by atoms with Crippen LogP contribution in [0.15, 0.2) is 58.1 Å². The van der Waals surface area contributed by atoms with Crippen molar-refractivity contribution in [2.75, 3.05) is 6.26 Å². The number of ether oxygens (including phenoxy) is 1. The summed E-state index contributed by atoms with van der Waals surface area (Å²) in [5.74, 6) is -1.25. The zero-order valence-electron chi connectivity index (χ0n) is 13.7. The van der Waals surface area contributed by atoms with Gasteiger partial charge in [-0.1, -0.05) is 18.2 Å². The first kappa shape index (κ1) is 19.4. The van der Waals surface area contributed by atoms with Gasteiger partial charge in [-0.05, 0) is 46.2 Å². The Bertz CT molecular complexity index is 1090. The van der Waals surface area contributed by atoms with Crippen LogP contribution in [-0.2, 0) is 9.84 Å². The lowest BCUT2D eigenvalue weighted by Gasteiger charge is -2.11. The van der Waals surface area contributed by atoms with Crippen molar-refractivity contribution in [1.82, 2.24) is 0 Å². The normalized spacial score (nSPS) is 12.2. The summed E-state index contributed by atoms with van der Waals surface area (Å²) in [7, 11) is -3.70. The number of benzene rings is 2. The molecule has 3 aromatic rings. The van der Waals surface area contributed by atoms with Crippen molar-refractivity contribution in [3.63, 3.8) is 0 Å². The Hall–Kier alpha value is -2.39. The average molecular weight is 416 g/mol. The summed E-state index contributed by atoms with van der Waals surface area (Å²) in [6, 6.07) is 9.18. The zero-order valence-corrected chi connectivity index (χ0v) is 15.4. The molecular formula is C18H12F4O3S2. The topological polar surface area (TPSA) is 43.4 Å². The Morgan fingerprint density at radius 3 is 2.15 bits per heavy atom. The van der Waals surface area contributed by atoms with E-state index < -0.39 is 26.9 Å². The smallest absolute Gasteiger partial charge is 0.406 e. The number of thiophene rings is 1. The number of hydrogen-bond donors (Lipinski definition) is 0. The van der Waals surface area contributed by atoms with E-state index in [1.54, 1.807) is 16.8 Å². The van der Waals surface area contributed by atoms with Crippen LogP contribution in [0.3, 0.4) is 0 Å². The lowest BCUT2D eigenvalue weighted by molar-refractivity contribution is -0.274. The van der Waals surface area contributed by atoms with E-state index in [1.165, 1.54) is 41.7 Å². The van der Waals surface area contributed by atoms with Gasteiger partial charge in [-0.15, -0.1) is 13.2 Å². The van der Waals surface area contributed by atoms with Gasteiger partial charge in [-0.25, -0.2) is 12.8 Å². The number of halogens is 4. The molecular weight excluding hydrogens is 404 g/mol. The maximum atomic E-state index is 14.2. The van der Waals surface area contributed by atoms with Crippen LogP contribution >= 0.6 is 11.3 Å². The molecule has 0 aliphatic rings. The summed E-state index contributed by atoms with van der Waals surface area (Å²) >= 11 is 1.29. The van der Waals surface area contributed by atoms with E-state index in [0.29, 0.717) is 22.3 Å². The van der Waals surface area contributed by atoms with E-state index in [1.807, 2.05) is 0 Å². The summed E-state index contributed by atoms with van der Waals surface area (Å²) in [5, 5.41) is 3.42. The minimum atomic E-state index is -4.80. The van der Waals surface area contributed by atoms with E-state index in [9.17, 15) is 26.0 Å². The lowest BCUT2D eigenvalue weighted by Crippen LogP contribution is -2.17. The fourth-order valence-corrected chi connectivity index (χ4v) is 4.17. The lowest BCUT2D eigenvalue weighted by atomic mass is 9.99. The molecule has 0 bridgehead atoms. The van der Waals surface area contributed by atoms with Crippen molar-refractivity contribution in [3.05, 3.63) is 59.0 Å². The van der Waals surface area contributed by atoms with Gasteiger partial charge in [0.25, 0.3) is 0 Å². The highest BCUT2D eigenvalue weighted by molar-refractivity contribution is 7.90. The molecule has 142 valence electrons. The molecule has 0 unspecified atom stereocenters. The number of sulfone groups is 1. The summed E-state index contributed by atoms with van der Waals surface area (Å²) in [4.78, 5) is -0.413. The molecule has 3 rings (SSSR count). The van der Waals surface area contributed by atoms with Crippen molar-refractivity contribution < 1.29 is 30.7 Å². The Kier molecular flexibility index (Phi) is 5.00. The van der Waals surface area contributed by atoms with Crippen molar-refractivity contribution in [1.29, 1.82) is 0 Å². The highest BCUT2D eigenvalue weighted by Crippen LogP contribution is 2.38. The van der Waals surface area contributed by atoms with E-state index in [4.69, 9.17) is 0 Å². The Morgan fingerprint density at radius 2 is 1.59 bits per heavy atom. The molecule has 0 radical (unpaired) electrons. The van der Waals surface area contributed by atoms with Crippen molar-refractivity contribution in [2.24, 2.45) is 0 Å². The van der Waals surface area contributed by atoms with Crippen molar-refractivity contribution >= 4 is 21.2 Å². The van der Waals surface area contributed by atoms with Gasteiger partial charge >= 0.3 is 6.36 Å². The highest BCUT2D eigenvalue weighted by atomic mass is 32.2. The molecule has 0 spiro atoms. The van der Waals surface area contributed by atoms with E-state index in [0.717, 1.165) is 12.3 Å². The molecule has 27 heavy (non-hydrogen) atoms. The first-order valence-electron chi connectivity index (χ1n) is 7.47. The third-order valence-corrected chi connectivity index (χ3v) is 5.56. The molecule has 9 heteroatoms. The molecule has 0 aliphatic heterocycles. The van der Waals surface area contributed by atoms with Gasteiger partial charge in [0.2, 0.25) is 0 Å². The number of alkyl halides is 3. The zero-order chi connectivity index (χ0) is 19.8. The van der Waals surface area contributed by atoms with E-state index >= 15 is 0 Å².